The fraction of sp³-hybridized carbons (Fsp3) is 0.471. The number of carbonyl (C=O) groups excluding carboxylic acids is 1. The number of benzene rings is 2. The van der Waals surface area contributed by atoms with E-state index in [9.17, 15) is 4.79 Å². The van der Waals surface area contributed by atoms with E-state index in [1.807, 2.05) is 44.3 Å². The lowest BCUT2D eigenvalue weighted by Gasteiger charge is -2.50. The van der Waals surface area contributed by atoms with E-state index < -0.39 is 5.60 Å². The van der Waals surface area contributed by atoms with Crippen LogP contribution in [-0.2, 0) is 16.0 Å². The second-order valence-electron chi connectivity index (χ2n) is 11.8. The summed E-state index contributed by atoms with van der Waals surface area (Å²) in [5, 5.41) is 0. The lowest BCUT2D eigenvalue weighted by molar-refractivity contribution is -0.176. The van der Waals surface area contributed by atoms with E-state index in [1.54, 1.807) is 7.11 Å². The third kappa shape index (κ3) is 6.17. The predicted octanol–water partition coefficient (Wildman–Crippen LogP) is 6.79. The molecule has 1 fully saturated rings. The molecule has 0 saturated heterocycles. The number of aryl methyl sites for hydroxylation is 1. The second kappa shape index (κ2) is 12.4. The van der Waals surface area contributed by atoms with Crippen LogP contribution in [0.3, 0.4) is 0 Å². The van der Waals surface area contributed by atoms with Crippen molar-refractivity contribution >= 4 is 11.5 Å². The number of fused-ring (bicyclic) bond motifs is 2. The molecule has 3 aromatic rings. The van der Waals surface area contributed by atoms with Gasteiger partial charge in [0.15, 0.2) is 0 Å². The maximum Gasteiger partial charge on any atom is 0.308 e. The summed E-state index contributed by atoms with van der Waals surface area (Å²) in [6.07, 6.45) is 10.2. The molecule has 212 valence electrons. The highest BCUT2D eigenvalue weighted by Gasteiger charge is 2.50. The molecule has 0 radical (unpaired) electrons. The number of esters is 1. The predicted molar refractivity (Wildman–Crippen MR) is 160 cm³/mol. The van der Waals surface area contributed by atoms with Crippen molar-refractivity contribution in [1.29, 1.82) is 0 Å². The van der Waals surface area contributed by atoms with E-state index in [0.717, 1.165) is 68.0 Å². The molecule has 6 heteroatoms. The summed E-state index contributed by atoms with van der Waals surface area (Å²) >= 11 is 0. The van der Waals surface area contributed by atoms with Gasteiger partial charge in [-0.3, -0.25) is 4.79 Å². The fourth-order valence-electron chi connectivity index (χ4n) is 6.41. The summed E-state index contributed by atoms with van der Waals surface area (Å²) in [6.45, 7) is 5.72. The van der Waals surface area contributed by atoms with E-state index in [4.69, 9.17) is 9.47 Å². The lowest BCUT2D eigenvalue weighted by Crippen LogP contribution is -2.51. The van der Waals surface area contributed by atoms with Gasteiger partial charge in [-0.25, -0.2) is 4.98 Å². The molecule has 1 N–H and O–H groups in total. The minimum absolute atomic E-state index is 0.0754. The topological polar surface area (TPSA) is 67.5 Å². The van der Waals surface area contributed by atoms with Crippen molar-refractivity contribution in [3.8, 4) is 17.0 Å². The van der Waals surface area contributed by atoms with Gasteiger partial charge in [0, 0.05) is 30.9 Å². The lowest BCUT2D eigenvalue weighted by atomic mass is 9.60. The zero-order chi connectivity index (χ0) is 28.1. The van der Waals surface area contributed by atoms with Gasteiger partial charge in [0.05, 0.1) is 24.9 Å². The molecule has 0 amide bonds. The van der Waals surface area contributed by atoms with Crippen molar-refractivity contribution in [2.24, 2.45) is 17.8 Å². The first-order chi connectivity index (χ1) is 19.4. The Morgan fingerprint density at radius 1 is 1.10 bits per heavy atom. The standard InChI is InChI=1S/C34H43N3O3/c1-24(2)33(38)40-34(22-26-16-17-27(34)21-29(26)25-11-6-5-7-12-25)18-20-37(3)19-10-15-32-35-23-30(36-32)28-13-8-9-14-31(28)39-4/h5-9,11-14,21,23-24,26-27H,10,15-20,22H2,1-4H3,(H,35,36)/t26-,27+,34+/m1/s1. The summed E-state index contributed by atoms with van der Waals surface area (Å²) in [6, 6.07) is 18.7. The number of aromatic amines is 1. The van der Waals surface area contributed by atoms with Crippen LogP contribution in [0.25, 0.3) is 16.8 Å². The maximum atomic E-state index is 12.9. The number of hydrogen-bond donors (Lipinski definition) is 1. The third-order valence-corrected chi connectivity index (χ3v) is 8.69. The number of ether oxygens (including phenoxy) is 2. The van der Waals surface area contributed by atoms with Gasteiger partial charge in [0.25, 0.3) is 0 Å². The number of allylic oxidation sites excluding steroid dienone is 1. The molecule has 0 aliphatic heterocycles. The van der Waals surface area contributed by atoms with Gasteiger partial charge in [-0.2, -0.15) is 0 Å². The highest BCUT2D eigenvalue weighted by Crippen LogP contribution is 2.53. The summed E-state index contributed by atoms with van der Waals surface area (Å²) in [7, 11) is 3.86. The smallest absolute Gasteiger partial charge is 0.308 e. The first-order valence-electron chi connectivity index (χ1n) is 14.7. The Labute approximate surface area is 238 Å². The van der Waals surface area contributed by atoms with Crippen molar-refractivity contribution in [1.82, 2.24) is 14.9 Å². The Hall–Kier alpha value is -3.38. The van der Waals surface area contributed by atoms with Crippen LogP contribution >= 0.6 is 0 Å². The van der Waals surface area contributed by atoms with Crippen LogP contribution in [0.15, 0.2) is 66.9 Å². The van der Waals surface area contributed by atoms with Crippen molar-refractivity contribution in [2.75, 3.05) is 27.2 Å². The highest BCUT2D eigenvalue weighted by molar-refractivity contribution is 5.74. The number of carbonyl (C=O) groups is 1. The summed E-state index contributed by atoms with van der Waals surface area (Å²) in [5.74, 6) is 2.33. The van der Waals surface area contributed by atoms with Crippen LogP contribution in [0.5, 0.6) is 5.75 Å². The molecule has 2 bridgehead atoms. The third-order valence-electron chi connectivity index (χ3n) is 8.69. The van der Waals surface area contributed by atoms with Crippen molar-refractivity contribution < 1.29 is 14.3 Å². The Balaban J connectivity index is 1.20. The first kappa shape index (κ1) is 28.2. The van der Waals surface area contributed by atoms with Gasteiger partial charge in [-0.1, -0.05) is 62.4 Å². The molecule has 6 rings (SSSR count). The van der Waals surface area contributed by atoms with Gasteiger partial charge in [0.1, 0.15) is 17.2 Å². The number of methoxy groups -OCH3 is 1. The van der Waals surface area contributed by atoms with Crippen LogP contribution in [-0.4, -0.2) is 53.7 Å². The molecule has 3 aliphatic rings. The van der Waals surface area contributed by atoms with Crippen LogP contribution < -0.4 is 4.74 Å². The number of nitrogens with zero attached hydrogens (tertiary/aromatic N) is 2. The average molecular weight is 542 g/mol. The molecule has 2 aromatic carbocycles. The van der Waals surface area contributed by atoms with Crippen molar-refractivity contribution in [3.05, 3.63) is 78.3 Å². The van der Waals surface area contributed by atoms with E-state index in [2.05, 4.69) is 58.3 Å². The Bertz CT molecular complexity index is 1310. The zero-order valence-corrected chi connectivity index (χ0v) is 24.4. The molecule has 3 atom stereocenters. The number of rotatable bonds is 12. The quantitative estimate of drug-likeness (QED) is 0.256. The second-order valence-corrected chi connectivity index (χ2v) is 11.8. The molecular formula is C34H43N3O3. The first-order valence-corrected chi connectivity index (χ1v) is 14.7. The largest absolute Gasteiger partial charge is 0.496 e. The molecular weight excluding hydrogens is 498 g/mol. The number of nitrogens with one attached hydrogen (secondary N) is 1. The van der Waals surface area contributed by atoms with Crippen LogP contribution in [0.2, 0.25) is 0 Å². The molecule has 1 heterocycles. The van der Waals surface area contributed by atoms with Gasteiger partial charge < -0.3 is 19.4 Å². The molecule has 1 aromatic heterocycles. The van der Waals surface area contributed by atoms with Crippen molar-refractivity contribution in [2.45, 2.75) is 58.0 Å². The van der Waals surface area contributed by atoms with Crippen LogP contribution in [0.4, 0.5) is 0 Å². The van der Waals surface area contributed by atoms with Crippen molar-refractivity contribution in [3.63, 3.8) is 0 Å². The van der Waals surface area contributed by atoms with Gasteiger partial charge in [-0.15, -0.1) is 0 Å². The molecule has 3 aliphatic carbocycles. The number of H-pyrrole nitrogens is 1. The van der Waals surface area contributed by atoms with E-state index >= 15 is 0 Å². The van der Waals surface area contributed by atoms with Gasteiger partial charge in [0.2, 0.25) is 0 Å². The summed E-state index contributed by atoms with van der Waals surface area (Å²) in [5.41, 5.74) is 4.33. The van der Waals surface area contributed by atoms with E-state index in [0.29, 0.717) is 5.92 Å². The maximum absolute atomic E-state index is 12.9. The SMILES string of the molecule is COc1ccccc1-c1cnc(CCCN(C)CC[C@]2(OC(=O)C(C)C)C[C@H]3CC[C@H]2C=C3c2ccccc2)[nH]1. The number of imidazole rings is 1. The Morgan fingerprint density at radius 3 is 2.60 bits per heavy atom. The van der Waals surface area contributed by atoms with Crippen LogP contribution in [0, 0.1) is 17.8 Å². The average Bonchev–Trinajstić information content (AvgIpc) is 3.45. The number of aromatic nitrogens is 2. The highest BCUT2D eigenvalue weighted by atomic mass is 16.6. The van der Waals surface area contributed by atoms with E-state index in [1.165, 1.54) is 17.6 Å². The Kier molecular flexibility index (Phi) is 8.75. The van der Waals surface area contributed by atoms with Gasteiger partial charge in [-0.05, 0) is 68.5 Å². The van der Waals surface area contributed by atoms with Gasteiger partial charge >= 0.3 is 5.97 Å². The molecule has 0 spiro atoms. The monoisotopic (exact) mass is 541 g/mol. The molecule has 1 saturated carbocycles. The molecule has 6 nitrogen and oxygen atoms in total. The summed E-state index contributed by atoms with van der Waals surface area (Å²) < 4.78 is 11.9. The molecule has 40 heavy (non-hydrogen) atoms. The minimum Gasteiger partial charge on any atom is -0.496 e. The normalized spacial score (nSPS) is 22.0. The summed E-state index contributed by atoms with van der Waals surface area (Å²) in [4.78, 5) is 23.3. The minimum atomic E-state index is -0.415. The number of para-hydroxylation sites is 1. The zero-order valence-electron chi connectivity index (χ0n) is 24.4. The Morgan fingerprint density at radius 2 is 1.88 bits per heavy atom. The molecule has 0 unspecified atom stereocenters. The van der Waals surface area contributed by atoms with E-state index in [-0.39, 0.29) is 17.8 Å². The number of hydrogen-bond acceptors (Lipinski definition) is 5. The van der Waals surface area contributed by atoms with Crippen LogP contribution in [0.1, 0.15) is 57.3 Å². The fourth-order valence-corrected chi connectivity index (χ4v) is 6.41.